The molecule has 2 heterocycles. The molecule has 1 aromatic carbocycles. The summed E-state index contributed by atoms with van der Waals surface area (Å²) < 4.78 is 5.07. The SMILES string of the molecule is Cc1ccc(-c2nc(C)c(C(C)N(C)Cc3noc(CN)n3)s2)cc1. The molecule has 7 heteroatoms. The fourth-order valence-corrected chi connectivity index (χ4v) is 3.80. The van der Waals surface area contributed by atoms with Gasteiger partial charge in [-0.3, -0.25) is 4.90 Å². The summed E-state index contributed by atoms with van der Waals surface area (Å²) in [6, 6.07) is 8.69. The van der Waals surface area contributed by atoms with Gasteiger partial charge in [-0.1, -0.05) is 35.0 Å². The zero-order valence-electron chi connectivity index (χ0n) is 15.0. The van der Waals surface area contributed by atoms with Crippen LogP contribution in [0.3, 0.4) is 0 Å². The minimum atomic E-state index is 0.205. The Kier molecular flexibility index (Phi) is 5.27. The van der Waals surface area contributed by atoms with Gasteiger partial charge in [-0.05, 0) is 27.8 Å². The summed E-state index contributed by atoms with van der Waals surface area (Å²) in [5, 5.41) is 5.02. The lowest BCUT2D eigenvalue weighted by molar-refractivity contribution is 0.244. The van der Waals surface area contributed by atoms with E-state index in [9.17, 15) is 0 Å². The van der Waals surface area contributed by atoms with Crippen LogP contribution in [-0.2, 0) is 13.1 Å². The fraction of sp³-hybridized carbons (Fsp3) is 0.389. The monoisotopic (exact) mass is 357 g/mol. The van der Waals surface area contributed by atoms with Crippen LogP contribution in [0, 0.1) is 13.8 Å². The normalized spacial score (nSPS) is 12.7. The maximum Gasteiger partial charge on any atom is 0.240 e. The average molecular weight is 357 g/mol. The van der Waals surface area contributed by atoms with Crippen LogP contribution < -0.4 is 5.73 Å². The van der Waals surface area contributed by atoms with E-state index in [2.05, 4.69) is 60.1 Å². The van der Waals surface area contributed by atoms with Gasteiger partial charge in [-0.15, -0.1) is 11.3 Å². The number of aryl methyl sites for hydroxylation is 2. The predicted molar refractivity (Wildman–Crippen MR) is 99.1 cm³/mol. The molecule has 132 valence electrons. The molecule has 0 bridgehead atoms. The summed E-state index contributed by atoms with van der Waals surface area (Å²) in [5.41, 5.74) is 8.99. The average Bonchev–Trinajstić information content (AvgIpc) is 3.21. The molecule has 0 radical (unpaired) electrons. The number of benzene rings is 1. The molecule has 0 fully saturated rings. The molecule has 3 aromatic rings. The lowest BCUT2D eigenvalue weighted by Gasteiger charge is -2.22. The van der Waals surface area contributed by atoms with Crippen molar-refractivity contribution in [2.45, 2.75) is 39.9 Å². The first-order valence-electron chi connectivity index (χ1n) is 8.24. The maximum atomic E-state index is 5.52. The number of nitrogens with two attached hydrogens (primary N) is 1. The Bertz CT molecular complexity index is 840. The van der Waals surface area contributed by atoms with Crippen LogP contribution in [0.15, 0.2) is 28.8 Å². The molecule has 0 aliphatic rings. The highest BCUT2D eigenvalue weighted by Gasteiger charge is 2.20. The Labute approximate surface area is 151 Å². The number of aromatic nitrogens is 3. The van der Waals surface area contributed by atoms with Crippen LogP contribution in [0.4, 0.5) is 0 Å². The fourth-order valence-electron chi connectivity index (χ4n) is 2.61. The van der Waals surface area contributed by atoms with E-state index in [0.29, 0.717) is 18.3 Å². The first-order chi connectivity index (χ1) is 12.0. The van der Waals surface area contributed by atoms with E-state index in [0.717, 1.165) is 16.3 Å². The maximum absolute atomic E-state index is 5.52. The zero-order valence-corrected chi connectivity index (χ0v) is 15.8. The summed E-state index contributed by atoms with van der Waals surface area (Å²) in [5.74, 6) is 1.11. The second-order valence-electron chi connectivity index (χ2n) is 6.23. The molecule has 0 spiro atoms. The van der Waals surface area contributed by atoms with Crippen molar-refractivity contribution in [3.05, 3.63) is 52.1 Å². The molecule has 1 unspecified atom stereocenters. The second-order valence-corrected chi connectivity index (χ2v) is 7.26. The van der Waals surface area contributed by atoms with Crippen LogP contribution in [0.2, 0.25) is 0 Å². The minimum absolute atomic E-state index is 0.205. The molecule has 25 heavy (non-hydrogen) atoms. The highest BCUT2D eigenvalue weighted by molar-refractivity contribution is 7.15. The first kappa shape index (κ1) is 17.7. The zero-order chi connectivity index (χ0) is 18.0. The van der Waals surface area contributed by atoms with Crippen LogP contribution in [0.5, 0.6) is 0 Å². The molecular formula is C18H23N5OS. The summed E-state index contributed by atoms with van der Waals surface area (Å²) >= 11 is 1.74. The van der Waals surface area contributed by atoms with E-state index >= 15 is 0 Å². The largest absolute Gasteiger partial charge is 0.338 e. The van der Waals surface area contributed by atoms with E-state index in [-0.39, 0.29) is 12.6 Å². The van der Waals surface area contributed by atoms with Gasteiger partial charge in [0.1, 0.15) is 5.01 Å². The summed E-state index contributed by atoms with van der Waals surface area (Å²) in [6.45, 7) is 7.19. The molecule has 2 N–H and O–H groups in total. The Morgan fingerprint density at radius 3 is 2.56 bits per heavy atom. The predicted octanol–water partition coefficient (Wildman–Crippen LogP) is 3.46. The van der Waals surface area contributed by atoms with Crippen LogP contribution in [0.25, 0.3) is 10.6 Å². The summed E-state index contributed by atoms with van der Waals surface area (Å²) in [7, 11) is 2.05. The van der Waals surface area contributed by atoms with Gasteiger partial charge in [0.25, 0.3) is 0 Å². The van der Waals surface area contributed by atoms with Crippen molar-refractivity contribution in [2.24, 2.45) is 5.73 Å². The summed E-state index contributed by atoms with van der Waals surface area (Å²) in [6.07, 6.45) is 0. The number of hydrogen-bond acceptors (Lipinski definition) is 7. The van der Waals surface area contributed by atoms with Crippen molar-refractivity contribution in [3.63, 3.8) is 0 Å². The van der Waals surface area contributed by atoms with E-state index < -0.39 is 0 Å². The molecule has 0 saturated carbocycles. The van der Waals surface area contributed by atoms with Gasteiger partial charge >= 0.3 is 0 Å². The second kappa shape index (κ2) is 7.43. The van der Waals surface area contributed by atoms with Crippen LogP contribution in [-0.4, -0.2) is 27.1 Å². The van der Waals surface area contributed by atoms with Gasteiger partial charge in [0.05, 0.1) is 18.8 Å². The molecule has 0 aliphatic heterocycles. The minimum Gasteiger partial charge on any atom is -0.338 e. The van der Waals surface area contributed by atoms with Gasteiger partial charge in [-0.25, -0.2) is 4.98 Å². The van der Waals surface area contributed by atoms with Crippen molar-refractivity contribution in [2.75, 3.05) is 7.05 Å². The van der Waals surface area contributed by atoms with E-state index in [1.807, 2.05) is 7.05 Å². The molecule has 2 aromatic heterocycles. The third kappa shape index (κ3) is 3.95. The van der Waals surface area contributed by atoms with Crippen molar-refractivity contribution in [3.8, 4) is 10.6 Å². The molecule has 0 aliphatic carbocycles. The van der Waals surface area contributed by atoms with Gasteiger partial charge in [0, 0.05) is 16.5 Å². The van der Waals surface area contributed by atoms with E-state index in [1.54, 1.807) is 11.3 Å². The Morgan fingerprint density at radius 2 is 1.92 bits per heavy atom. The third-order valence-corrected chi connectivity index (χ3v) is 5.62. The number of nitrogens with zero attached hydrogens (tertiary/aromatic N) is 4. The van der Waals surface area contributed by atoms with Crippen molar-refractivity contribution < 1.29 is 4.52 Å². The molecule has 6 nitrogen and oxygen atoms in total. The highest BCUT2D eigenvalue weighted by atomic mass is 32.1. The smallest absolute Gasteiger partial charge is 0.240 e. The standard InChI is InChI=1S/C18H23N5OS/c1-11-5-7-14(8-6-11)18-20-12(2)17(25-18)13(3)23(4)10-15-21-16(9-19)24-22-15/h5-8,13H,9-10,19H2,1-4H3. The lowest BCUT2D eigenvalue weighted by Crippen LogP contribution is -2.22. The Morgan fingerprint density at radius 1 is 1.20 bits per heavy atom. The molecule has 3 rings (SSSR count). The molecule has 1 atom stereocenters. The quantitative estimate of drug-likeness (QED) is 0.727. The van der Waals surface area contributed by atoms with Gasteiger partial charge < -0.3 is 10.3 Å². The van der Waals surface area contributed by atoms with Crippen LogP contribution in [0.1, 0.15) is 40.8 Å². The highest BCUT2D eigenvalue weighted by Crippen LogP contribution is 2.34. The van der Waals surface area contributed by atoms with Crippen molar-refractivity contribution in [1.29, 1.82) is 0 Å². The number of rotatable bonds is 6. The number of thiazole rings is 1. The van der Waals surface area contributed by atoms with Gasteiger partial charge in [-0.2, -0.15) is 4.98 Å². The molecule has 0 amide bonds. The molecular weight excluding hydrogens is 334 g/mol. The van der Waals surface area contributed by atoms with Gasteiger partial charge in [0.2, 0.25) is 5.89 Å². The Balaban J connectivity index is 1.77. The van der Waals surface area contributed by atoms with Crippen molar-refractivity contribution >= 4 is 11.3 Å². The lowest BCUT2D eigenvalue weighted by atomic mass is 10.1. The first-order valence-corrected chi connectivity index (χ1v) is 9.05. The topological polar surface area (TPSA) is 81.1 Å². The van der Waals surface area contributed by atoms with E-state index in [4.69, 9.17) is 15.2 Å². The molecule has 0 saturated heterocycles. The Hall–Kier alpha value is -2.09. The number of hydrogen-bond donors (Lipinski definition) is 1. The third-order valence-electron chi connectivity index (χ3n) is 4.25. The summed E-state index contributed by atoms with van der Waals surface area (Å²) in [4.78, 5) is 12.5. The van der Waals surface area contributed by atoms with Crippen molar-refractivity contribution in [1.82, 2.24) is 20.0 Å². The van der Waals surface area contributed by atoms with Crippen LogP contribution >= 0.6 is 11.3 Å². The van der Waals surface area contributed by atoms with Gasteiger partial charge in [0.15, 0.2) is 5.82 Å². The van der Waals surface area contributed by atoms with E-state index in [1.165, 1.54) is 10.4 Å².